The molecule has 1 aliphatic carbocycles. The van der Waals surface area contributed by atoms with Crippen molar-refractivity contribution in [3.63, 3.8) is 0 Å². The van der Waals surface area contributed by atoms with E-state index in [9.17, 15) is 18.0 Å². The molecule has 0 bridgehead atoms. The average Bonchev–Trinajstić information content (AvgIpc) is 3.30. The number of likely N-dealkylation sites (tertiary alicyclic amines) is 1. The fourth-order valence-corrected chi connectivity index (χ4v) is 5.47. The molecule has 0 saturated carbocycles. The van der Waals surface area contributed by atoms with Gasteiger partial charge in [-0.2, -0.15) is 4.98 Å². The highest BCUT2D eigenvalue weighted by atomic mass is 35.5. The molecular weight excluding hydrogens is 526 g/mol. The Hall–Kier alpha value is -2.21. The van der Waals surface area contributed by atoms with Gasteiger partial charge in [-0.1, -0.05) is 23.2 Å². The summed E-state index contributed by atoms with van der Waals surface area (Å²) >= 11 is 13.0. The Kier molecular flexibility index (Phi) is 8.64. The van der Waals surface area contributed by atoms with Crippen molar-refractivity contribution in [1.82, 2.24) is 25.2 Å². The molecule has 13 heteroatoms. The van der Waals surface area contributed by atoms with Crippen molar-refractivity contribution in [3.05, 3.63) is 56.1 Å². The smallest absolute Gasteiger partial charge is 0.281 e. The van der Waals surface area contributed by atoms with E-state index in [-0.39, 0.29) is 34.1 Å². The summed E-state index contributed by atoms with van der Waals surface area (Å²) in [6, 6.07) is -0.572. The number of rotatable bonds is 8. The van der Waals surface area contributed by atoms with Crippen LogP contribution in [0.25, 0.3) is 0 Å². The van der Waals surface area contributed by atoms with Crippen LogP contribution in [-0.2, 0) is 4.79 Å². The van der Waals surface area contributed by atoms with Crippen LogP contribution in [0.2, 0.25) is 5.15 Å². The van der Waals surface area contributed by atoms with E-state index in [1.54, 1.807) is 0 Å². The van der Waals surface area contributed by atoms with Crippen molar-refractivity contribution in [3.8, 4) is 5.88 Å². The second kappa shape index (κ2) is 11.7. The van der Waals surface area contributed by atoms with E-state index in [1.165, 1.54) is 24.0 Å². The summed E-state index contributed by atoms with van der Waals surface area (Å²) in [5.74, 6) is -1.03. The summed E-state index contributed by atoms with van der Waals surface area (Å²) in [7, 11) is 0. The van der Waals surface area contributed by atoms with E-state index >= 15 is 0 Å². The van der Waals surface area contributed by atoms with Gasteiger partial charge in [0.2, 0.25) is 5.88 Å². The summed E-state index contributed by atoms with van der Waals surface area (Å²) in [6.07, 6.45) is 3.25. The topological polar surface area (TPSA) is 80.2 Å². The largest absolute Gasteiger partial charge is 0.473 e. The van der Waals surface area contributed by atoms with Gasteiger partial charge in [0, 0.05) is 24.7 Å². The van der Waals surface area contributed by atoms with Gasteiger partial charge in [0.25, 0.3) is 12.3 Å². The molecule has 3 heterocycles. The van der Waals surface area contributed by atoms with Gasteiger partial charge in [0.05, 0.1) is 34.4 Å². The van der Waals surface area contributed by atoms with Crippen LogP contribution in [0.15, 0.2) is 40.4 Å². The Bertz CT molecular complexity index is 1120. The van der Waals surface area contributed by atoms with Gasteiger partial charge in [-0.3, -0.25) is 14.7 Å². The summed E-state index contributed by atoms with van der Waals surface area (Å²) in [5, 5.41) is 3.06. The third kappa shape index (κ3) is 6.32. The second-order valence-corrected chi connectivity index (χ2v) is 9.76. The lowest BCUT2D eigenvalue weighted by Gasteiger charge is -2.37. The zero-order valence-corrected chi connectivity index (χ0v) is 20.7. The van der Waals surface area contributed by atoms with Crippen LogP contribution in [0.4, 0.5) is 13.2 Å². The summed E-state index contributed by atoms with van der Waals surface area (Å²) in [5.41, 5.74) is 0.843. The number of nitrogens with one attached hydrogen (secondary N) is 1. The first-order chi connectivity index (χ1) is 16.8. The Morgan fingerprint density at radius 3 is 2.74 bits per heavy atom. The van der Waals surface area contributed by atoms with Crippen LogP contribution in [0.5, 0.6) is 5.88 Å². The lowest BCUT2D eigenvalue weighted by atomic mass is 10.0. The molecule has 0 spiro atoms. The molecule has 4 rings (SSSR count). The number of alkyl halides is 2. The molecule has 2 aromatic heterocycles. The minimum absolute atomic E-state index is 0.00696. The minimum atomic E-state index is -2.76. The Labute approximate surface area is 214 Å². The van der Waals surface area contributed by atoms with Gasteiger partial charge in [0.1, 0.15) is 17.6 Å². The number of amides is 1. The number of allylic oxidation sites excluding steroid dienone is 2. The third-order valence-electron chi connectivity index (χ3n) is 5.80. The molecule has 1 atom stereocenters. The fourth-order valence-electron chi connectivity index (χ4n) is 4.11. The minimum Gasteiger partial charge on any atom is -0.473 e. The molecule has 1 fully saturated rings. The summed E-state index contributed by atoms with van der Waals surface area (Å²) in [6.45, 7) is 1.02. The van der Waals surface area contributed by atoms with Crippen LogP contribution < -0.4 is 10.1 Å². The first-order valence-electron chi connectivity index (χ1n) is 11.0. The van der Waals surface area contributed by atoms with Gasteiger partial charge in [-0.05, 0) is 31.8 Å². The summed E-state index contributed by atoms with van der Waals surface area (Å²) in [4.78, 5) is 26.9. The van der Waals surface area contributed by atoms with E-state index in [4.69, 9.17) is 27.9 Å². The fraction of sp³-hybridized carbons (Fsp3) is 0.455. The first kappa shape index (κ1) is 25.9. The highest BCUT2D eigenvalue weighted by Gasteiger charge is 2.33. The van der Waals surface area contributed by atoms with E-state index in [0.29, 0.717) is 49.5 Å². The van der Waals surface area contributed by atoms with Crippen LogP contribution in [0.1, 0.15) is 48.7 Å². The lowest BCUT2D eigenvalue weighted by Crippen LogP contribution is -2.44. The molecule has 1 amide bonds. The number of hydrogen-bond donors (Lipinski definition) is 1. The molecular formula is C22H22Cl2F3N5O2S. The number of carbonyl (C=O) groups is 1. The van der Waals surface area contributed by atoms with Crippen molar-refractivity contribution >= 4 is 40.4 Å². The molecule has 0 aromatic carbocycles. The van der Waals surface area contributed by atoms with Gasteiger partial charge >= 0.3 is 0 Å². The zero-order valence-electron chi connectivity index (χ0n) is 18.4. The maximum atomic E-state index is 14.2. The summed E-state index contributed by atoms with van der Waals surface area (Å²) < 4.78 is 47.4. The predicted octanol–water partition coefficient (Wildman–Crippen LogP) is 5.36. The number of halogens is 5. The molecule has 1 unspecified atom stereocenters. The maximum absolute atomic E-state index is 14.2. The van der Waals surface area contributed by atoms with E-state index in [0.717, 1.165) is 11.3 Å². The van der Waals surface area contributed by atoms with E-state index in [2.05, 4.69) is 20.3 Å². The second-order valence-electron chi connectivity index (χ2n) is 8.03. The van der Waals surface area contributed by atoms with Crippen molar-refractivity contribution in [2.24, 2.45) is 0 Å². The molecule has 2 aromatic rings. The molecule has 1 N–H and O–H groups in total. The first-order valence-corrected chi connectivity index (χ1v) is 12.6. The maximum Gasteiger partial charge on any atom is 0.281 e. The van der Waals surface area contributed by atoms with Gasteiger partial charge < -0.3 is 10.1 Å². The molecule has 35 heavy (non-hydrogen) atoms. The van der Waals surface area contributed by atoms with Crippen molar-refractivity contribution in [2.75, 3.05) is 19.6 Å². The average molecular weight is 548 g/mol. The SMILES string of the molecule is O=C(NCC(c1scnc1C(F)F)N1CCC(Oc2cncc(Cl)n2)CC1)C1=C(Cl)CCC=C1F. The van der Waals surface area contributed by atoms with Gasteiger partial charge in [-0.25, -0.2) is 18.2 Å². The van der Waals surface area contributed by atoms with Crippen LogP contribution in [0.3, 0.4) is 0 Å². The number of ether oxygens (including phenoxy) is 1. The molecule has 7 nitrogen and oxygen atoms in total. The van der Waals surface area contributed by atoms with Gasteiger partial charge in [-0.15, -0.1) is 11.3 Å². The quantitative estimate of drug-likeness (QED) is 0.478. The van der Waals surface area contributed by atoms with E-state index in [1.807, 2.05) is 4.90 Å². The Balaban J connectivity index is 1.46. The third-order valence-corrected chi connectivity index (χ3v) is 7.31. The predicted molar refractivity (Wildman–Crippen MR) is 126 cm³/mol. The molecule has 1 saturated heterocycles. The van der Waals surface area contributed by atoms with Crippen molar-refractivity contribution in [1.29, 1.82) is 0 Å². The number of nitrogens with zero attached hydrogens (tertiary/aromatic N) is 4. The van der Waals surface area contributed by atoms with E-state index < -0.39 is 24.2 Å². The molecule has 1 aliphatic heterocycles. The lowest BCUT2D eigenvalue weighted by molar-refractivity contribution is -0.117. The monoisotopic (exact) mass is 547 g/mol. The number of piperidine rings is 1. The number of hydrogen-bond acceptors (Lipinski definition) is 7. The molecule has 188 valence electrons. The van der Waals surface area contributed by atoms with Crippen molar-refractivity contribution < 1.29 is 22.7 Å². The van der Waals surface area contributed by atoms with Crippen LogP contribution >= 0.6 is 34.5 Å². The number of carbonyl (C=O) groups excluding carboxylic acids is 1. The van der Waals surface area contributed by atoms with Gasteiger partial charge in [0.15, 0.2) is 5.15 Å². The highest BCUT2D eigenvalue weighted by molar-refractivity contribution is 7.09. The van der Waals surface area contributed by atoms with Crippen LogP contribution in [-0.4, -0.2) is 51.5 Å². The Morgan fingerprint density at radius 2 is 2.06 bits per heavy atom. The highest BCUT2D eigenvalue weighted by Crippen LogP contribution is 2.35. The Morgan fingerprint density at radius 1 is 1.29 bits per heavy atom. The van der Waals surface area contributed by atoms with Crippen molar-refractivity contribution in [2.45, 2.75) is 44.3 Å². The molecule has 2 aliphatic rings. The number of aromatic nitrogens is 3. The zero-order chi connectivity index (χ0) is 24.9. The standard InChI is InChI=1S/C22H22Cl2F3N5O2S/c23-13-2-1-3-14(25)18(13)22(33)29-8-15(20-19(21(26)27)30-11-35-20)32-6-4-12(5-7-32)34-17-10-28-9-16(24)31-17/h3,9-12,15,21H,1-2,4-8H2,(H,29,33). The number of thiazole rings is 1. The normalized spacial score (nSPS) is 18.5. The molecule has 0 radical (unpaired) electrons. The van der Waals surface area contributed by atoms with Crippen LogP contribution in [0, 0.1) is 0 Å².